The Labute approximate surface area is 168 Å². The number of para-hydroxylation sites is 1. The monoisotopic (exact) mass is 394 g/mol. The van der Waals surface area contributed by atoms with Gasteiger partial charge in [0, 0.05) is 22.6 Å². The van der Waals surface area contributed by atoms with Gasteiger partial charge in [-0.3, -0.25) is 0 Å². The Hall–Kier alpha value is -2.80. The Kier molecular flexibility index (Phi) is 5.34. The molecule has 2 aromatic carbocycles. The lowest BCUT2D eigenvalue weighted by molar-refractivity contribution is 0.225. The van der Waals surface area contributed by atoms with Crippen molar-refractivity contribution in [3.05, 3.63) is 53.6 Å². The molecule has 0 radical (unpaired) electrons. The molecule has 6 nitrogen and oxygen atoms in total. The lowest BCUT2D eigenvalue weighted by Crippen LogP contribution is -2.17. The van der Waals surface area contributed by atoms with E-state index >= 15 is 0 Å². The molecule has 0 saturated heterocycles. The minimum absolute atomic E-state index is 0.396. The number of benzene rings is 2. The highest BCUT2D eigenvalue weighted by atomic mass is 32.2. The van der Waals surface area contributed by atoms with Crippen molar-refractivity contribution in [3.63, 3.8) is 0 Å². The zero-order valence-corrected chi connectivity index (χ0v) is 16.9. The van der Waals surface area contributed by atoms with Gasteiger partial charge >= 0.3 is 0 Å². The van der Waals surface area contributed by atoms with E-state index < -0.39 is 6.23 Å². The minimum atomic E-state index is -0.396. The van der Waals surface area contributed by atoms with Gasteiger partial charge in [0.05, 0.1) is 7.11 Å². The molecule has 1 N–H and O–H groups in total. The molecule has 1 aliphatic heterocycles. The number of anilines is 1. The zero-order chi connectivity index (χ0) is 19.5. The van der Waals surface area contributed by atoms with Crippen LogP contribution in [0.1, 0.15) is 30.7 Å². The summed E-state index contributed by atoms with van der Waals surface area (Å²) in [5, 5.41) is 12.8. The summed E-state index contributed by atoms with van der Waals surface area (Å²) < 4.78 is 11.7. The van der Waals surface area contributed by atoms with Crippen molar-refractivity contribution in [2.75, 3.05) is 18.2 Å². The molecular weight excluding hydrogens is 372 g/mol. The lowest BCUT2D eigenvalue weighted by atomic mass is 10.1. The number of hydrogen-bond acceptors (Lipinski definition) is 7. The van der Waals surface area contributed by atoms with E-state index in [-0.39, 0.29) is 0 Å². The smallest absolute Gasteiger partial charge is 0.247 e. The molecule has 7 heteroatoms. The third-order valence-corrected chi connectivity index (χ3v) is 5.53. The van der Waals surface area contributed by atoms with Crippen LogP contribution >= 0.6 is 11.8 Å². The van der Waals surface area contributed by atoms with Gasteiger partial charge < -0.3 is 14.8 Å². The van der Waals surface area contributed by atoms with E-state index in [1.54, 1.807) is 18.9 Å². The number of hydrogen-bond donors (Lipinski definition) is 1. The molecule has 4 rings (SSSR count). The molecule has 1 aromatic heterocycles. The van der Waals surface area contributed by atoms with Crippen LogP contribution < -0.4 is 14.8 Å². The topological polar surface area (TPSA) is 69.2 Å². The fourth-order valence-electron chi connectivity index (χ4n) is 3.12. The van der Waals surface area contributed by atoms with E-state index in [9.17, 15) is 0 Å². The van der Waals surface area contributed by atoms with Crippen molar-refractivity contribution in [1.29, 1.82) is 0 Å². The predicted octanol–water partition coefficient (Wildman–Crippen LogP) is 4.86. The first-order chi connectivity index (χ1) is 13.7. The summed E-state index contributed by atoms with van der Waals surface area (Å²) in [5.41, 5.74) is 4.55. The SMILES string of the molecule is CCCSc1nnc2c(n1)O[C@@H](c1ccc(OC)c(C)c1)Nc1ccccc1-2. The summed E-state index contributed by atoms with van der Waals surface area (Å²) in [4.78, 5) is 4.64. The number of rotatable bonds is 5. The second kappa shape index (κ2) is 8.06. The Balaban J connectivity index is 1.77. The van der Waals surface area contributed by atoms with Crippen LogP contribution in [0, 0.1) is 6.92 Å². The van der Waals surface area contributed by atoms with Crippen LogP contribution in [0.3, 0.4) is 0 Å². The molecule has 2 heterocycles. The molecule has 0 amide bonds. The highest BCUT2D eigenvalue weighted by Gasteiger charge is 2.26. The summed E-state index contributed by atoms with van der Waals surface area (Å²) in [6.45, 7) is 4.15. The van der Waals surface area contributed by atoms with Crippen LogP contribution in [0.25, 0.3) is 11.3 Å². The second-order valence-electron chi connectivity index (χ2n) is 6.51. The number of thioether (sulfide) groups is 1. The van der Waals surface area contributed by atoms with Crippen LogP contribution in [0.4, 0.5) is 5.69 Å². The van der Waals surface area contributed by atoms with Gasteiger partial charge in [0.15, 0.2) is 11.9 Å². The maximum atomic E-state index is 6.30. The Morgan fingerprint density at radius 2 is 2.04 bits per heavy atom. The zero-order valence-electron chi connectivity index (χ0n) is 16.1. The Bertz CT molecular complexity index is 996. The van der Waals surface area contributed by atoms with Gasteiger partial charge in [-0.1, -0.05) is 36.9 Å². The van der Waals surface area contributed by atoms with Crippen LogP contribution in [0.15, 0.2) is 47.6 Å². The first-order valence-electron chi connectivity index (χ1n) is 9.24. The molecular formula is C21H22N4O2S. The molecule has 3 aromatic rings. The molecule has 0 fully saturated rings. The fourth-order valence-corrected chi connectivity index (χ4v) is 3.75. The fraction of sp³-hybridized carbons (Fsp3) is 0.286. The Morgan fingerprint density at radius 1 is 1.18 bits per heavy atom. The third kappa shape index (κ3) is 3.62. The first kappa shape index (κ1) is 18.6. The molecule has 1 atom stereocenters. The average Bonchev–Trinajstić information content (AvgIpc) is 2.88. The summed E-state index contributed by atoms with van der Waals surface area (Å²) >= 11 is 1.58. The lowest BCUT2D eigenvalue weighted by Gasteiger charge is -2.20. The highest BCUT2D eigenvalue weighted by Crippen LogP contribution is 2.39. The van der Waals surface area contributed by atoms with Gasteiger partial charge in [0.2, 0.25) is 11.0 Å². The van der Waals surface area contributed by atoms with E-state index in [1.807, 2.05) is 43.3 Å². The third-order valence-electron chi connectivity index (χ3n) is 4.49. The summed E-state index contributed by atoms with van der Waals surface area (Å²) in [7, 11) is 1.67. The molecule has 0 aliphatic carbocycles. The van der Waals surface area contributed by atoms with Gasteiger partial charge in [0.25, 0.3) is 0 Å². The van der Waals surface area contributed by atoms with Crippen LogP contribution in [-0.4, -0.2) is 28.0 Å². The summed E-state index contributed by atoms with van der Waals surface area (Å²) in [6, 6.07) is 14.0. The normalized spacial score (nSPS) is 14.9. The van der Waals surface area contributed by atoms with Crippen LogP contribution in [-0.2, 0) is 0 Å². The van der Waals surface area contributed by atoms with Gasteiger partial charge in [-0.2, -0.15) is 4.98 Å². The number of nitrogens with one attached hydrogen (secondary N) is 1. The van der Waals surface area contributed by atoms with E-state index in [0.29, 0.717) is 16.7 Å². The van der Waals surface area contributed by atoms with Crippen molar-refractivity contribution in [3.8, 4) is 22.9 Å². The number of ether oxygens (including phenoxy) is 2. The molecule has 0 saturated carbocycles. The molecule has 144 valence electrons. The van der Waals surface area contributed by atoms with Crippen LogP contribution in [0.5, 0.6) is 11.6 Å². The summed E-state index contributed by atoms with van der Waals surface area (Å²) in [6.07, 6.45) is 0.650. The van der Waals surface area contributed by atoms with Crippen molar-refractivity contribution in [2.45, 2.75) is 31.7 Å². The van der Waals surface area contributed by atoms with Crippen molar-refractivity contribution in [1.82, 2.24) is 15.2 Å². The van der Waals surface area contributed by atoms with Gasteiger partial charge in [0.1, 0.15) is 5.75 Å². The highest BCUT2D eigenvalue weighted by molar-refractivity contribution is 7.99. The molecule has 28 heavy (non-hydrogen) atoms. The van der Waals surface area contributed by atoms with E-state index in [1.165, 1.54) is 0 Å². The van der Waals surface area contributed by atoms with Crippen LogP contribution in [0.2, 0.25) is 0 Å². The first-order valence-corrected chi connectivity index (χ1v) is 10.2. The van der Waals surface area contributed by atoms with Crippen molar-refractivity contribution in [2.24, 2.45) is 0 Å². The number of fused-ring (bicyclic) bond motifs is 3. The second-order valence-corrected chi connectivity index (χ2v) is 7.58. The van der Waals surface area contributed by atoms with Gasteiger partial charge in [-0.25, -0.2) is 0 Å². The average molecular weight is 395 g/mol. The van der Waals surface area contributed by atoms with E-state index in [0.717, 1.165) is 40.3 Å². The van der Waals surface area contributed by atoms with Crippen molar-refractivity contribution >= 4 is 17.4 Å². The Morgan fingerprint density at radius 3 is 2.82 bits per heavy atom. The minimum Gasteiger partial charge on any atom is -0.496 e. The maximum Gasteiger partial charge on any atom is 0.247 e. The quantitative estimate of drug-likeness (QED) is 0.620. The number of methoxy groups -OCH3 is 1. The standard InChI is InChI=1S/C21H22N4O2S/c1-4-11-28-21-23-20-18(24-25-21)15-7-5-6-8-16(15)22-19(27-20)14-9-10-17(26-3)13(2)12-14/h5-10,12,19,22H,4,11H2,1-3H3/t19-/m0/s1. The van der Waals surface area contributed by atoms with Gasteiger partial charge in [-0.15, -0.1) is 10.2 Å². The largest absolute Gasteiger partial charge is 0.496 e. The maximum absolute atomic E-state index is 6.30. The molecule has 0 bridgehead atoms. The molecule has 0 spiro atoms. The summed E-state index contributed by atoms with van der Waals surface area (Å²) in [5.74, 6) is 2.28. The van der Waals surface area contributed by atoms with Gasteiger partial charge in [-0.05, 0) is 43.2 Å². The predicted molar refractivity (Wildman–Crippen MR) is 111 cm³/mol. The number of aromatic nitrogens is 3. The van der Waals surface area contributed by atoms with E-state index in [2.05, 4.69) is 33.5 Å². The van der Waals surface area contributed by atoms with E-state index in [4.69, 9.17) is 9.47 Å². The molecule has 0 unspecified atom stereocenters. The number of nitrogens with zero attached hydrogens (tertiary/aromatic N) is 3. The molecule has 1 aliphatic rings. The van der Waals surface area contributed by atoms with Crippen molar-refractivity contribution < 1.29 is 9.47 Å². The number of aryl methyl sites for hydroxylation is 1.